The van der Waals surface area contributed by atoms with Gasteiger partial charge in [0.1, 0.15) is 23.9 Å². The smallest absolute Gasteiger partial charge is 0.262 e. The number of primary amides is 1. The SMILES string of the molecule is NC(=O)c1ccc(Oc2ccc(F)cc2F)cc1-c1cnc(-c2ccccc2)n(CC(=O)NCc2cc3cnccc3[nH]2)c1=O. The van der Waals surface area contributed by atoms with Crippen molar-refractivity contribution >= 4 is 22.7 Å². The number of aromatic nitrogens is 4. The zero-order valence-corrected chi connectivity index (χ0v) is 23.5. The van der Waals surface area contributed by atoms with E-state index in [0.29, 0.717) is 11.6 Å². The molecule has 0 saturated heterocycles. The quantitative estimate of drug-likeness (QED) is 0.213. The number of hydrogen-bond donors (Lipinski definition) is 3. The number of fused-ring (bicyclic) bond motifs is 1. The van der Waals surface area contributed by atoms with Gasteiger partial charge in [0, 0.05) is 57.9 Å². The molecule has 12 heteroatoms. The van der Waals surface area contributed by atoms with Crippen molar-refractivity contribution in [3.05, 3.63) is 131 Å². The molecule has 0 aliphatic carbocycles. The molecule has 6 rings (SSSR count). The molecule has 2 amide bonds. The number of carbonyl (C=O) groups excluding carboxylic acids is 2. The van der Waals surface area contributed by atoms with Crippen molar-refractivity contribution in [3.63, 3.8) is 0 Å². The van der Waals surface area contributed by atoms with Crippen molar-refractivity contribution in [2.24, 2.45) is 5.73 Å². The van der Waals surface area contributed by atoms with E-state index in [2.05, 4.69) is 20.3 Å². The van der Waals surface area contributed by atoms with Gasteiger partial charge in [0.2, 0.25) is 11.8 Å². The van der Waals surface area contributed by atoms with Crippen LogP contribution in [-0.2, 0) is 17.9 Å². The number of ether oxygens (including phenoxy) is 1. The highest BCUT2D eigenvalue weighted by atomic mass is 19.1. The van der Waals surface area contributed by atoms with Crippen molar-refractivity contribution in [1.29, 1.82) is 0 Å². The van der Waals surface area contributed by atoms with Gasteiger partial charge in [-0.15, -0.1) is 0 Å². The highest BCUT2D eigenvalue weighted by Gasteiger charge is 2.21. The Hall–Kier alpha value is -6.17. The van der Waals surface area contributed by atoms with E-state index in [1.165, 1.54) is 29.0 Å². The molecule has 45 heavy (non-hydrogen) atoms. The van der Waals surface area contributed by atoms with Gasteiger partial charge in [-0.05, 0) is 42.5 Å². The van der Waals surface area contributed by atoms with Gasteiger partial charge in [-0.3, -0.25) is 23.9 Å². The predicted molar refractivity (Wildman–Crippen MR) is 162 cm³/mol. The fourth-order valence-electron chi connectivity index (χ4n) is 4.87. The summed E-state index contributed by atoms with van der Waals surface area (Å²) >= 11 is 0. The van der Waals surface area contributed by atoms with Gasteiger partial charge in [0.05, 0.1) is 12.1 Å². The lowest BCUT2D eigenvalue weighted by molar-refractivity contribution is -0.121. The normalized spacial score (nSPS) is 11.0. The molecule has 0 bridgehead atoms. The van der Waals surface area contributed by atoms with E-state index in [9.17, 15) is 23.2 Å². The Morgan fingerprint density at radius 1 is 0.956 bits per heavy atom. The maximum Gasteiger partial charge on any atom is 0.262 e. The zero-order chi connectivity index (χ0) is 31.5. The second-order valence-electron chi connectivity index (χ2n) is 10.0. The highest BCUT2D eigenvalue weighted by molar-refractivity contribution is 6.00. The van der Waals surface area contributed by atoms with Crippen LogP contribution in [0.1, 0.15) is 16.1 Å². The van der Waals surface area contributed by atoms with Crippen LogP contribution in [0.25, 0.3) is 33.4 Å². The monoisotopic (exact) mass is 606 g/mol. The molecule has 0 unspecified atom stereocenters. The summed E-state index contributed by atoms with van der Waals surface area (Å²) in [6.07, 6.45) is 4.64. The van der Waals surface area contributed by atoms with E-state index in [1.807, 2.05) is 12.1 Å². The molecule has 0 saturated carbocycles. The van der Waals surface area contributed by atoms with Crippen LogP contribution >= 0.6 is 0 Å². The molecule has 0 radical (unpaired) electrons. The molecule has 0 atom stereocenters. The van der Waals surface area contributed by atoms with Gasteiger partial charge in [-0.25, -0.2) is 13.8 Å². The average molecular weight is 607 g/mol. The van der Waals surface area contributed by atoms with Crippen molar-refractivity contribution in [2.45, 2.75) is 13.1 Å². The molecule has 0 aliphatic rings. The molecule has 0 spiro atoms. The van der Waals surface area contributed by atoms with Crippen molar-refractivity contribution in [1.82, 2.24) is 24.8 Å². The molecule has 0 aliphatic heterocycles. The summed E-state index contributed by atoms with van der Waals surface area (Å²) in [6.45, 7) is -0.226. The first-order chi connectivity index (χ1) is 21.8. The average Bonchev–Trinajstić information content (AvgIpc) is 3.46. The molecule has 224 valence electrons. The van der Waals surface area contributed by atoms with Gasteiger partial charge in [-0.2, -0.15) is 0 Å². The van der Waals surface area contributed by atoms with Gasteiger partial charge < -0.3 is 20.8 Å². The van der Waals surface area contributed by atoms with Crippen LogP contribution < -0.4 is 21.3 Å². The Morgan fingerprint density at radius 2 is 1.78 bits per heavy atom. The molecule has 4 N–H and O–H groups in total. The third kappa shape index (κ3) is 6.15. The number of nitrogens with zero attached hydrogens (tertiary/aromatic N) is 3. The largest absolute Gasteiger partial charge is 0.454 e. The number of benzene rings is 3. The number of nitrogens with one attached hydrogen (secondary N) is 2. The van der Waals surface area contributed by atoms with Crippen LogP contribution in [0.3, 0.4) is 0 Å². The fourth-order valence-corrected chi connectivity index (χ4v) is 4.87. The lowest BCUT2D eigenvalue weighted by Crippen LogP contribution is -2.34. The Bertz CT molecular complexity index is 2100. The molecule has 3 heterocycles. The number of halogens is 2. The summed E-state index contributed by atoms with van der Waals surface area (Å²) in [5, 5.41) is 3.70. The van der Waals surface area contributed by atoms with Crippen LogP contribution in [0.4, 0.5) is 8.78 Å². The molecule has 0 fully saturated rings. The van der Waals surface area contributed by atoms with Crippen LogP contribution in [0.5, 0.6) is 11.5 Å². The number of pyridine rings is 1. The Labute approximate surface area is 254 Å². The van der Waals surface area contributed by atoms with Crippen LogP contribution in [0.15, 0.2) is 102 Å². The minimum Gasteiger partial charge on any atom is -0.454 e. The highest BCUT2D eigenvalue weighted by Crippen LogP contribution is 2.31. The minimum atomic E-state index is -0.943. The number of nitrogens with two attached hydrogens (primary N) is 1. The molecular formula is C33H24F2N6O4. The number of H-pyrrole nitrogens is 1. The van der Waals surface area contributed by atoms with Crippen LogP contribution in [0, 0.1) is 11.6 Å². The van der Waals surface area contributed by atoms with Crippen molar-refractivity contribution < 1.29 is 23.1 Å². The number of amides is 2. The predicted octanol–water partition coefficient (Wildman–Crippen LogP) is 4.94. The first-order valence-electron chi connectivity index (χ1n) is 13.7. The standard InChI is InChI=1S/C33H24F2N6O4/c34-21-6-9-29(27(35)13-21)45-23-7-8-24(31(36)43)25(14-23)26-17-39-32(19-4-2-1-3-5-19)41(33(26)44)18-30(42)38-16-22-12-20-15-37-11-10-28(20)40-22/h1-15,17,40H,16,18H2,(H2,36,43)(H,38,42). The number of aromatic amines is 1. The summed E-state index contributed by atoms with van der Waals surface area (Å²) in [7, 11) is 0. The van der Waals surface area contributed by atoms with E-state index < -0.39 is 35.6 Å². The third-order valence-corrected chi connectivity index (χ3v) is 7.00. The van der Waals surface area contributed by atoms with Gasteiger partial charge in [-0.1, -0.05) is 30.3 Å². The van der Waals surface area contributed by atoms with Gasteiger partial charge in [0.15, 0.2) is 11.6 Å². The van der Waals surface area contributed by atoms with E-state index in [-0.39, 0.29) is 40.6 Å². The summed E-state index contributed by atoms with van der Waals surface area (Å²) < 4.78 is 34.5. The lowest BCUT2D eigenvalue weighted by Gasteiger charge is -2.16. The molecule has 3 aromatic heterocycles. The van der Waals surface area contributed by atoms with Gasteiger partial charge >= 0.3 is 0 Å². The van der Waals surface area contributed by atoms with E-state index in [4.69, 9.17) is 10.5 Å². The Kier molecular flexibility index (Phi) is 7.85. The first-order valence-corrected chi connectivity index (χ1v) is 13.7. The number of rotatable bonds is 9. The van der Waals surface area contributed by atoms with Crippen LogP contribution in [0.2, 0.25) is 0 Å². The van der Waals surface area contributed by atoms with Crippen LogP contribution in [-0.4, -0.2) is 31.3 Å². The van der Waals surface area contributed by atoms with Gasteiger partial charge in [0.25, 0.3) is 5.56 Å². The minimum absolute atomic E-state index is 0.0300. The second-order valence-corrected chi connectivity index (χ2v) is 10.0. The summed E-state index contributed by atoms with van der Waals surface area (Å²) in [5.74, 6) is -3.04. The summed E-state index contributed by atoms with van der Waals surface area (Å²) in [6, 6.07) is 19.3. The first kappa shape index (κ1) is 28.9. The maximum absolute atomic E-state index is 14.3. The van der Waals surface area contributed by atoms with Crippen molar-refractivity contribution in [2.75, 3.05) is 0 Å². The lowest BCUT2D eigenvalue weighted by atomic mass is 10.0. The maximum atomic E-state index is 14.3. The molecule has 10 nitrogen and oxygen atoms in total. The van der Waals surface area contributed by atoms with E-state index in [0.717, 1.165) is 28.7 Å². The van der Waals surface area contributed by atoms with Crippen molar-refractivity contribution in [3.8, 4) is 34.0 Å². The third-order valence-electron chi connectivity index (χ3n) is 7.00. The summed E-state index contributed by atoms with van der Waals surface area (Å²) in [5.41, 5.74) is 7.16. The number of carbonyl (C=O) groups is 2. The Balaban J connectivity index is 1.37. The molecule has 3 aromatic carbocycles. The number of hydrogen-bond acceptors (Lipinski definition) is 6. The fraction of sp³-hybridized carbons (Fsp3) is 0.0606. The molecular weight excluding hydrogens is 582 g/mol. The van der Waals surface area contributed by atoms with E-state index in [1.54, 1.807) is 42.7 Å². The van der Waals surface area contributed by atoms with E-state index >= 15 is 0 Å². The summed E-state index contributed by atoms with van der Waals surface area (Å²) in [4.78, 5) is 51.4. The Morgan fingerprint density at radius 3 is 2.53 bits per heavy atom. The molecule has 6 aromatic rings. The second kappa shape index (κ2) is 12.2. The topological polar surface area (TPSA) is 145 Å². The zero-order valence-electron chi connectivity index (χ0n) is 23.5.